The molecule has 7 nitrogen and oxygen atoms in total. The summed E-state index contributed by atoms with van der Waals surface area (Å²) in [5.41, 5.74) is 0.640. The minimum absolute atomic E-state index is 0.0477. The Bertz CT molecular complexity index is 1340. The van der Waals surface area contributed by atoms with Crippen molar-refractivity contribution in [3.05, 3.63) is 48.6 Å². The van der Waals surface area contributed by atoms with Crippen molar-refractivity contribution in [1.29, 1.82) is 0 Å². The van der Waals surface area contributed by atoms with Crippen LogP contribution in [0.2, 0.25) is 0 Å². The molecule has 282 valence electrons. The molecule has 0 spiro atoms. The van der Waals surface area contributed by atoms with E-state index in [-0.39, 0.29) is 24.5 Å². The van der Waals surface area contributed by atoms with E-state index in [2.05, 4.69) is 81.6 Å². The van der Waals surface area contributed by atoms with Crippen LogP contribution in [0.25, 0.3) is 0 Å². The number of hydrogen-bond acceptors (Lipinski definition) is 5. The number of rotatable bonds is 18. The standard InChI is InChI=1S/C42H67NO6S/c1-5-6-7-8-9-10-11-12-13-14-15-16-17-18-40(45)49-34-25-27-41(3)33(31-34)20-21-35-37-23-22-36(42(37,4)28-26-38(35)41)32(2)19-24-39(44)43-29-30-50(46,47)48/h6-7,9-10,12-13,15-16,32-38H,5,8,11,14,17-31H2,1-4H3,(H,43,44)(H,46,47,48)/b7-6-,10-9-,13-12-,16-15-. The van der Waals surface area contributed by atoms with E-state index in [9.17, 15) is 18.0 Å². The Kier molecular flexibility index (Phi) is 15.5. The second-order valence-electron chi connectivity index (χ2n) is 16.5. The predicted octanol–water partition coefficient (Wildman–Crippen LogP) is 9.56. The zero-order chi connectivity index (χ0) is 36.2. The van der Waals surface area contributed by atoms with Crippen LogP contribution in [0.1, 0.15) is 137 Å². The molecule has 4 saturated carbocycles. The molecular formula is C42H67NO6S. The molecule has 0 saturated heterocycles. The number of hydrogen-bond donors (Lipinski definition) is 2. The summed E-state index contributed by atoms with van der Waals surface area (Å²) in [6.45, 7) is 9.51. The Balaban J connectivity index is 1.18. The van der Waals surface area contributed by atoms with Gasteiger partial charge >= 0.3 is 5.97 Å². The van der Waals surface area contributed by atoms with Crippen LogP contribution < -0.4 is 5.32 Å². The van der Waals surface area contributed by atoms with Crippen LogP contribution in [0.5, 0.6) is 0 Å². The van der Waals surface area contributed by atoms with Gasteiger partial charge in [-0.2, -0.15) is 8.42 Å². The molecule has 4 aliphatic carbocycles. The van der Waals surface area contributed by atoms with E-state index in [0.717, 1.165) is 75.5 Å². The number of ether oxygens (including phenoxy) is 1. The van der Waals surface area contributed by atoms with Gasteiger partial charge in [-0.1, -0.05) is 76.3 Å². The van der Waals surface area contributed by atoms with Crippen LogP contribution >= 0.6 is 0 Å². The number of allylic oxidation sites excluding steroid dienone is 8. The maximum atomic E-state index is 12.8. The average molecular weight is 714 g/mol. The van der Waals surface area contributed by atoms with Crippen molar-refractivity contribution < 1.29 is 27.3 Å². The van der Waals surface area contributed by atoms with Crippen LogP contribution in [-0.4, -0.2) is 43.2 Å². The number of nitrogens with one attached hydrogen (secondary N) is 1. The highest BCUT2D eigenvalue weighted by Gasteiger charge is 2.60. The summed E-state index contributed by atoms with van der Waals surface area (Å²) in [5.74, 6) is 3.29. The normalized spacial score (nSPS) is 33.5. The van der Waals surface area contributed by atoms with Gasteiger partial charge in [0.1, 0.15) is 6.10 Å². The molecular weight excluding hydrogens is 647 g/mol. The Labute approximate surface area is 304 Å². The molecule has 0 aromatic rings. The zero-order valence-corrected chi connectivity index (χ0v) is 32.3. The van der Waals surface area contributed by atoms with E-state index in [1.165, 1.54) is 38.5 Å². The van der Waals surface area contributed by atoms with Crippen LogP contribution in [-0.2, 0) is 24.4 Å². The van der Waals surface area contributed by atoms with Gasteiger partial charge in [-0.05, 0) is 143 Å². The lowest BCUT2D eigenvalue weighted by atomic mass is 9.44. The van der Waals surface area contributed by atoms with E-state index in [0.29, 0.717) is 41.4 Å². The van der Waals surface area contributed by atoms with Gasteiger partial charge in [-0.25, -0.2) is 0 Å². The van der Waals surface area contributed by atoms with Crippen LogP contribution in [0, 0.1) is 46.3 Å². The largest absolute Gasteiger partial charge is 0.462 e. The average Bonchev–Trinajstić information content (AvgIpc) is 3.42. The highest BCUT2D eigenvalue weighted by Crippen LogP contribution is 2.68. The molecule has 0 aromatic heterocycles. The van der Waals surface area contributed by atoms with Crippen molar-refractivity contribution in [3.63, 3.8) is 0 Å². The topological polar surface area (TPSA) is 110 Å². The molecule has 0 radical (unpaired) electrons. The molecule has 4 aliphatic rings. The van der Waals surface area contributed by atoms with Crippen molar-refractivity contribution >= 4 is 22.0 Å². The SMILES string of the molecule is CC/C=C\C/C=C\C/C=C\C/C=C\CCC(=O)OC1CCC2(C)C(CCC3C2CCC2(C)C(C(C)CCC(=O)NCCS(=O)(=O)O)CCC32)C1. The Morgan fingerprint density at radius 3 is 2.16 bits per heavy atom. The molecule has 1 amide bonds. The summed E-state index contributed by atoms with van der Waals surface area (Å²) >= 11 is 0. The van der Waals surface area contributed by atoms with Gasteiger partial charge in [0.2, 0.25) is 5.91 Å². The minimum Gasteiger partial charge on any atom is -0.462 e. The molecule has 50 heavy (non-hydrogen) atoms. The van der Waals surface area contributed by atoms with E-state index < -0.39 is 15.9 Å². The molecule has 0 aliphatic heterocycles. The Morgan fingerprint density at radius 2 is 1.48 bits per heavy atom. The van der Waals surface area contributed by atoms with Gasteiger partial charge in [0.15, 0.2) is 0 Å². The second kappa shape index (κ2) is 19.0. The molecule has 9 atom stereocenters. The third kappa shape index (κ3) is 11.2. The maximum absolute atomic E-state index is 12.8. The van der Waals surface area contributed by atoms with Crippen LogP contribution in [0.15, 0.2) is 48.6 Å². The van der Waals surface area contributed by atoms with Gasteiger partial charge in [-0.3, -0.25) is 14.1 Å². The molecule has 2 N–H and O–H groups in total. The van der Waals surface area contributed by atoms with Gasteiger partial charge in [0.25, 0.3) is 10.1 Å². The van der Waals surface area contributed by atoms with E-state index in [1.54, 1.807) is 0 Å². The molecule has 4 rings (SSSR count). The maximum Gasteiger partial charge on any atom is 0.306 e. The van der Waals surface area contributed by atoms with Crippen molar-refractivity contribution in [1.82, 2.24) is 5.32 Å². The first-order valence-electron chi connectivity index (χ1n) is 19.9. The highest BCUT2D eigenvalue weighted by molar-refractivity contribution is 7.85. The van der Waals surface area contributed by atoms with Gasteiger partial charge in [-0.15, -0.1) is 0 Å². The monoisotopic (exact) mass is 713 g/mol. The lowest BCUT2D eigenvalue weighted by Crippen LogP contribution is -2.54. The number of carbonyl (C=O) groups is 2. The lowest BCUT2D eigenvalue weighted by Gasteiger charge is -2.61. The zero-order valence-electron chi connectivity index (χ0n) is 31.5. The predicted molar refractivity (Wildman–Crippen MR) is 203 cm³/mol. The number of amides is 1. The number of carbonyl (C=O) groups excluding carboxylic acids is 2. The third-order valence-electron chi connectivity index (χ3n) is 13.4. The smallest absolute Gasteiger partial charge is 0.306 e. The molecule has 4 fully saturated rings. The lowest BCUT2D eigenvalue weighted by molar-refractivity contribution is -0.162. The number of esters is 1. The fraction of sp³-hybridized carbons (Fsp3) is 0.762. The minimum atomic E-state index is -4.07. The highest BCUT2D eigenvalue weighted by atomic mass is 32.2. The van der Waals surface area contributed by atoms with Gasteiger partial charge in [0.05, 0.1) is 5.75 Å². The number of fused-ring (bicyclic) bond motifs is 5. The fourth-order valence-corrected chi connectivity index (χ4v) is 11.2. The Morgan fingerprint density at radius 1 is 0.840 bits per heavy atom. The van der Waals surface area contributed by atoms with Gasteiger partial charge < -0.3 is 10.1 Å². The second-order valence-corrected chi connectivity index (χ2v) is 18.0. The fourth-order valence-electron chi connectivity index (χ4n) is 10.8. The summed E-state index contributed by atoms with van der Waals surface area (Å²) < 4.78 is 36.9. The first-order chi connectivity index (χ1) is 23.9. The summed E-state index contributed by atoms with van der Waals surface area (Å²) in [4.78, 5) is 25.1. The summed E-state index contributed by atoms with van der Waals surface area (Å²) in [6, 6.07) is 0. The van der Waals surface area contributed by atoms with E-state index in [4.69, 9.17) is 9.29 Å². The van der Waals surface area contributed by atoms with Crippen molar-refractivity contribution in [3.8, 4) is 0 Å². The molecule has 9 unspecified atom stereocenters. The third-order valence-corrected chi connectivity index (χ3v) is 14.1. The summed E-state index contributed by atoms with van der Waals surface area (Å²) in [7, 11) is -4.07. The van der Waals surface area contributed by atoms with E-state index in [1.807, 2.05) is 0 Å². The van der Waals surface area contributed by atoms with E-state index >= 15 is 0 Å². The molecule has 0 aromatic carbocycles. The quantitative estimate of drug-likeness (QED) is 0.0832. The van der Waals surface area contributed by atoms with Crippen molar-refractivity contribution in [2.75, 3.05) is 12.3 Å². The van der Waals surface area contributed by atoms with Gasteiger partial charge in [0, 0.05) is 19.4 Å². The van der Waals surface area contributed by atoms with Crippen LogP contribution in [0.3, 0.4) is 0 Å². The molecule has 8 heteroatoms. The van der Waals surface area contributed by atoms with Crippen molar-refractivity contribution in [2.24, 2.45) is 46.3 Å². The summed E-state index contributed by atoms with van der Waals surface area (Å²) in [6.07, 6.45) is 34.5. The first-order valence-corrected chi connectivity index (χ1v) is 21.5. The summed E-state index contributed by atoms with van der Waals surface area (Å²) in [5, 5.41) is 2.65. The Hall–Kier alpha value is -2.19. The molecule has 0 bridgehead atoms. The first kappa shape index (κ1) is 40.6. The van der Waals surface area contributed by atoms with Crippen LogP contribution in [0.4, 0.5) is 0 Å². The van der Waals surface area contributed by atoms with Crippen molar-refractivity contribution in [2.45, 2.75) is 143 Å². The molecule has 0 heterocycles.